The molecule has 2 aromatic carbocycles. The second-order valence-corrected chi connectivity index (χ2v) is 7.49. The molecule has 0 saturated heterocycles. The summed E-state index contributed by atoms with van der Waals surface area (Å²) in [4.78, 5) is 37.8. The van der Waals surface area contributed by atoms with Gasteiger partial charge in [0, 0.05) is 29.2 Å². The number of amides is 2. The average molecular weight is 418 g/mol. The van der Waals surface area contributed by atoms with Crippen molar-refractivity contribution in [3.05, 3.63) is 74.8 Å². The van der Waals surface area contributed by atoms with Gasteiger partial charge in [0.15, 0.2) is 0 Å². The molecule has 2 aromatic rings. The minimum atomic E-state index is -0.747. The van der Waals surface area contributed by atoms with Gasteiger partial charge in [0.1, 0.15) is 6.04 Å². The van der Waals surface area contributed by atoms with Crippen LogP contribution in [0, 0.1) is 10.1 Å². The van der Waals surface area contributed by atoms with Crippen molar-refractivity contribution in [3.63, 3.8) is 0 Å². The number of nitrogens with one attached hydrogen (secondary N) is 1. The Morgan fingerprint density at radius 3 is 2.31 bits per heavy atom. The van der Waals surface area contributed by atoms with Crippen molar-refractivity contribution in [1.82, 2.24) is 10.2 Å². The Kier molecular flexibility index (Phi) is 7.73. The first-order valence-electron chi connectivity index (χ1n) is 9.25. The fourth-order valence-electron chi connectivity index (χ4n) is 2.88. The molecule has 0 aliphatic rings. The van der Waals surface area contributed by atoms with Crippen molar-refractivity contribution >= 4 is 29.1 Å². The number of carbonyl (C=O) groups excluding carboxylic acids is 2. The zero-order valence-electron chi connectivity index (χ0n) is 16.6. The Hall–Kier alpha value is -2.93. The van der Waals surface area contributed by atoms with Gasteiger partial charge < -0.3 is 10.2 Å². The number of para-hydroxylation sites is 1. The number of nitro benzene ring substituents is 1. The Balaban J connectivity index is 2.30. The summed E-state index contributed by atoms with van der Waals surface area (Å²) in [6.45, 7) is 5.50. The normalized spacial score (nSPS) is 11.8. The molecule has 0 aromatic heterocycles. The number of benzene rings is 2. The molecule has 0 saturated carbocycles. The van der Waals surface area contributed by atoms with Crippen LogP contribution in [0.15, 0.2) is 48.5 Å². The second-order valence-electron chi connectivity index (χ2n) is 7.05. The number of nitrogens with zero attached hydrogens (tertiary/aromatic N) is 2. The van der Waals surface area contributed by atoms with Crippen molar-refractivity contribution in [1.29, 1.82) is 0 Å². The zero-order chi connectivity index (χ0) is 21.6. The first-order valence-corrected chi connectivity index (χ1v) is 9.63. The molecule has 0 heterocycles. The first kappa shape index (κ1) is 22.4. The third kappa shape index (κ3) is 6.29. The number of hydrogen-bond acceptors (Lipinski definition) is 4. The highest BCUT2D eigenvalue weighted by atomic mass is 35.5. The van der Waals surface area contributed by atoms with Gasteiger partial charge in [-0.3, -0.25) is 19.7 Å². The van der Waals surface area contributed by atoms with Gasteiger partial charge in [0.2, 0.25) is 11.8 Å². The highest BCUT2D eigenvalue weighted by Crippen LogP contribution is 2.21. The highest BCUT2D eigenvalue weighted by molar-refractivity contribution is 6.30. The second kappa shape index (κ2) is 10.0. The Labute approximate surface area is 174 Å². The quantitative estimate of drug-likeness (QED) is 0.523. The van der Waals surface area contributed by atoms with E-state index in [0.717, 1.165) is 5.56 Å². The van der Waals surface area contributed by atoms with E-state index in [9.17, 15) is 19.7 Å². The van der Waals surface area contributed by atoms with Crippen LogP contribution in [0.4, 0.5) is 5.69 Å². The van der Waals surface area contributed by atoms with Crippen LogP contribution >= 0.6 is 11.6 Å². The van der Waals surface area contributed by atoms with E-state index >= 15 is 0 Å². The lowest BCUT2D eigenvalue weighted by Gasteiger charge is -2.29. The van der Waals surface area contributed by atoms with Crippen molar-refractivity contribution in [2.75, 3.05) is 0 Å². The van der Waals surface area contributed by atoms with E-state index < -0.39 is 11.0 Å². The Morgan fingerprint density at radius 2 is 1.72 bits per heavy atom. The summed E-state index contributed by atoms with van der Waals surface area (Å²) in [5, 5.41) is 14.6. The van der Waals surface area contributed by atoms with Crippen LogP contribution < -0.4 is 5.32 Å². The predicted octanol–water partition coefficient (Wildman–Crippen LogP) is 3.73. The molecule has 29 heavy (non-hydrogen) atoms. The van der Waals surface area contributed by atoms with E-state index in [-0.39, 0.29) is 36.5 Å². The summed E-state index contributed by atoms with van der Waals surface area (Å²) in [6.07, 6.45) is -0.177. The Morgan fingerprint density at radius 1 is 1.10 bits per heavy atom. The lowest BCUT2D eigenvalue weighted by Crippen LogP contribution is -2.49. The van der Waals surface area contributed by atoms with E-state index in [1.807, 2.05) is 13.8 Å². The van der Waals surface area contributed by atoms with Gasteiger partial charge in [-0.2, -0.15) is 0 Å². The molecule has 2 rings (SSSR count). The molecule has 8 heteroatoms. The van der Waals surface area contributed by atoms with Crippen molar-refractivity contribution in [2.45, 2.75) is 45.8 Å². The van der Waals surface area contributed by atoms with Gasteiger partial charge in [-0.05, 0) is 38.5 Å². The lowest BCUT2D eigenvalue weighted by atomic mass is 10.1. The molecular weight excluding hydrogens is 394 g/mol. The van der Waals surface area contributed by atoms with Gasteiger partial charge in [0.05, 0.1) is 11.3 Å². The molecule has 154 valence electrons. The maximum atomic E-state index is 13.1. The zero-order valence-corrected chi connectivity index (χ0v) is 17.3. The van der Waals surface area contributed by atoms with Crippen LogP contribution in [0.3, 0.4) is 0 Å². The molecule has 0 radical (unpaired) electrons. The largest absolute Gasteiger partial charge is 0.352 e. The maximum Gasteiger partial charge on any atom is 0.273 e. The van der Waals surface area contributed by atoms with Crippen LogP contribution in [0.1, 0.15) is 31.9 Å². The van der Waals surface area contributed by atoms with Crippen molar-refractivity contribution in [3.8, 4) is 0 Å². The molecule has 0 fully saturated rings. The minimum Gasteiger partial charge on any atom is -0.352 e. The van der Waals surface area contributed by atoms with E-state index in [2.05, 4.69) is 5.32 Å². The van der Waals surface area contributed by atoms with Crippen LogP contribution in [-0.2, 0) is 22.6 Å². The van der Waals surface area contributed by atoms with Gasteiger partial charge in [-0.1, -0.05) is 41.9 Å². The predicted molar refractivity (Wildman–Crippen MR) is 112 cm³/mol. The molecule has 1 N–H and O–H groups in total. The third-order valence-corrected chi connectivity index (χ3v) is 4.65. The standard InChI is InChI=1S/C21H24ClN3O4/c1-14(2)23-21(27)15(3)24(13-16-8-10-18(22)11-9-16)20(26)12-17-6-4-5-7-19(17)25(28)29/h4-11,14-15H,12-13H2,1-3H3,(H,23,27)/t15-/m0/s1. The monoisotopic (exact) mass is 417 g/mol. The molecule has 1 atom stereocenters. The van der Waals surface area contributed by atoms with Crippen LogP contribution in [-0.4, -0.2) is 33.7 Å². The molecule has 7 nitrogen and oxygen atoms in total. The van der Waals surface area contributed by atoms with E-state index in [4.69, 9.17) is 11.6 Å². The first-order chi connectivity index (χ1) is 13.7. The van der Waals surface area contributed by atoms with Crippen LogP contribution in [0.5, 0.6) is 0 Å². The SMILES string of the molecule is CC(C)NC(=O)[C@H](C)N(Cc1ccc(Cl)cc1)C(=O)Cc1ccccc1[N+](=O)[O-]. The number of rotatable bonds is 8. The molecule has 0 aliphatic heterocycles. The van der Waals surface area contributed by atoms with E-state index in [1.54, 1.807) is 49.4 Å². The molecular formula is C21H24ClN3O4. The van der Waals surface area contributed by atoms with Gasteiger partial charge in [-0.15, -0.1) is 0 Å². The Bertz CT molecular complexity index is 884. The summed E-state index contributed by atoms with van der Waals surface area (Å²) in [5.41, 5.74) is 0.987. The van der Waals surface area contributed by atoms with Gasteiger partial charge >= 0.3 is 0 Å². The molecule has 0 aliphatic carbocycles. The van der Waals surface area contributed by atoms with Crippen molar-refractivity contribution in [2.24, 2.45) is 0 Å². The summed E-state index contributed by atoms with van der Waals surface area (Å²) in [6, 6.07) is 12.3. The fourth-order valence-corrected chi connectivity index (χ4v) is 3.00. The van der Waals surface area contributed by atoms with Gasteiger partial charge in [0.25, 0.3) is 5.69 Å². The molecule has 0 spiro atoms. The average Bonchev–Trinajstić information content (AvgIpc) is 2.66. The summed E-state index contributed by atoms with van der Waals surface area (Å²) in [7, 11) is 0. The van der Waals surface area contributed by atoms with Gasteiger partial charge in [-0.25, -0.2) is 0 Å². The van der Waals surface area contributed by atoms with Crippen LogP contribution in [0.25, 0.3) is 0 Å². The number of halogens is 1. The van der Waals surface area contributed by atoms with E-state index in [0.29, 0.717) is 10.6 Å². The number of hydrogen-bond donors (Lipinski definition) is 1. The van der Waals surface area contributed by atoms with Crippen molar-refractivity contribution < 1.29 is 14.5 Å². The summed E-state index contributed by atoms with van der Waals surface area (Å²) < 4.78 is 0. The molecule has 0 bridgehead atoms. The molecule has 2 amide bonds. The van der Waals surface area contributed by atoms with Crippen LogP contribution in [0.2, 0.25) is 5.02 Å². The number of carbonyl (C=O) groups is 2. The van der Waals surface area contributed by atoms with E-state index in [1.165, 1.54) is 11.0 Å². The fraction of sp³-hybridized carbons (Fsp3) is 0.333. The smallest absolute Gasteiger partial charge is 0.273 e. The highest BCUT2D eigenvalue weighted by Gasteiger charge is 2.28. The molecule has 0 unspecified atom stereocenters. The topological polar surface area (TPSA) is 92.6 Å². The summed E-state index contributed by atoms with van der Waals surface area (Å²) >= 11 is 5.93. The summed E-state index contributed by atoms with van der Waals surface area (Å²) in [5.74, 6) is -0.662. The maximum absolute atomic E-state index is 13.1. The minimum absolute atomic E-state index is 0.0763. The third-order valence-electron chi connectivity index (χ3n) is 4.39. The lowest BCUT2D eigenvalue weighted by molar-refractivity contribution is -0.385. The number of nitro groups is 1.